The first-order valence-corrected chi connectivity index (χ1v) is 17.0. The van der Waals surface area contributed by atoms with Gasteiger partial charge in [0, 0.05) is 11.1 Å². The molecule has 0 aliphatic carbocycles. The van der Waals surface area contributed by atoms with Crippen LogP contribution in [0.4, 0.5) is 0 Å². The number of cyclic esters (lactones) is 1. The van der Waals surface area contributed by atoms with Gasteiger partial charge in [0.15, 0.2) is 24.5 Å². The van der Waals surface area contributed by atoms with Crippen LogP contribution in [0.5, 0.6) is 0 Å². The molecule has 13 heteroatoms. The summed E-state index contributed by atoms with van der Waals surface area (Å²) in [5, 5.41) is 3.78. The Bertz CT molecular complexity index is 1440. The van der Waals surface area contributed by atoms with Crippen molar-refractivity contribution in [3.8, 4) is 0 Å². The highest BCUT2D eigenvalue weighted by atomic mass is 35.5. The molecule has 1 saturated heterocycles. The number of esters is 5. The van der Waals surface area contributed by atoms with Gasteiger partial charge in [-0.3, -0.25) is 24.5 Å². The molecule has 2 aliphatic rings. The first-order valence-electron chi connectivity index (χ1n) is 16.7. The molecule has 0 aromatic heterocycles. The van der Waals surface area contributed by atoms with Gasteiger partial charge in [0.1, 0.15) is 18.8 Å². The van der Waals surface area contributed by atoms with Gasteiger partial charge < -0.3 is 28.4 Å². The largest absolute Gasteiger partial charge is 0.462 e. The number of carbonyl (C=O) groups excluding carboxylic acids is 5. The van der Waals surface area contributed by atoms with Crippen molar-refractivity contribution < 1.29 is 52.4 Å². The van der Waals surface area contributed by atoms with E-state index in [-0.39, 0.29) is 0 Å². The highest BCUT2D eigenvalue weighted by Gasteiger charge is 2.55. The minimum Gasteiger partial charge on any atom is -0.462 e. The number of hydrogen-bond acceptors (Lipinski definition) is 12. The summed E-state index contributed by atoms with van der Waals surface area (Å²) in [5.41, 5.74) is -3.30. The predicted octanol–water partition coefficient (Wildman–Crippen LogP) is 5.64. The summed E-state index contributed by atoms with van der Waals surface area (Å²) in [7, 11) is 0. The number of ether oxygens (including phenoxy) is 6. The van der Waals surface area contributed by atoms with Crippen LogP contribution in [0.15, 0.2) is 36.4 Å². The Labute approximate surface area is 299 Å². The Hall–Kier alpha value is -3.48. The minimum absolute atomic E-state index is 0.413. The Morgan fingerprint density at radius 2 is 1.18 bits per heavy atom. The summed E-state index contributed by atoms with van der Waals surface area (Å²) in [6.07, 6.45) is -4.76. The number of hydrogen-bond donors (Lipinski definition) is 1. The summed E-state index contributed by atoms with van der Waals surface area (Å²) in [6, 6.07) is 5.98. The minimum atomic E-state index is -1.45. The summed E-state index contributed by atoms with van der Waals surface area (Å²) in [4.78, 5) is 65.8. The van der Waals surface area contributed by atoms with Crippen LogP contribution in [-0.2, 0) is 52.4 Å². The van der Waals surface area contributed by atoms with Gasteiger partial charge in [-0.2, -0.15) is 0 Å². The fourth-order valence-electron chi connectivity index (χ4n) is 4.66. The van der Waals surface area contributed by atoms with E-state index < -0.39 is 101 Å². The molecule has 1 aromatic carbocycles. The second kappa shape index (κ2) is 15.4. The average molecular weight is 722 g/mol. The van der Waals surface area contributed by atoms with Crippen molar-refractivity contribution >= 4 is 41.4 Å². The molecule has 0 amide bonds. The summed E-state index contributed by atoms with van der Waals surface area (Å²) >= 11 is 6.19. The van der Waals surface area contributed by atoms with E-state index in [2.05, 4.69) is 5.32 Å². The maximum Gasteiger partial charge on any atom is 0.331 e. The Morgan fingerprint density at radius 3 is 1.62 bits per heavy atom. The van der Waals surface area contributed by atoms with Gasteiger partial charge in [0.05, 0.1) is 27.7 Å². The Balaban J connectivity index is 2.23. The highest BCUT2D eigenvalue weighted by molar-refractivity contribution is 6.30. The third-order valence-corrected chi connectivity index (χ3v) is 8.02. The molecule has 0 spiro atoms. The molecule has 1 N–H and O–H groups in total. The summed E-state index contributed by atoms with van der Waals surface area (Å²) < 4.78 is 36.0. The first kappa shape index (κ1) is 40.9. The van der Waals surface area contributed by atoms with Gasteiger partial charge in [0.25, 0.3) is 0 Å². The Kier molecular flexibility index (Phi) is 12.6. The molecule has 7 atom stereocenters. The molecule has 50 heavy (non-hydrogen) atoms. The van der Waals surface area contributed by atoms with E-state index in [1.54, 1.807) is 113 Å². The first-order chi connectivity index (χ1) is 22.8. The van der Waals surface area contributed by atoms with Crippen molar-refractivity contribution in [3.63, 3.8) is 0 Å². The van der Waals surface area contributed by atoms with Gasteiger partial charge in [-0.05, 0) is 107 Å². The number of benzene rings is 1. The number of rotatable bonds is 9. The fraction of sp³-hybridized carbons (Fsp3) is 0.649. The van der Waals surface area contributed by atoms with Crippen LogP contribution in [0, 0.1) is 21.7 Å². The molecule has 12 nitrogen and oxygen atoms in total. The van der Waals surface area contributed by atoms with E-state index in [0.717, 1.165) is 0 Å². The number of halogens is 1. The standard InChI is InChI=1S/C37H52ClNO11/c1-34(2,3)30(41)45-19-23-26(48-31(42)35(4,5)6)27(49-32(43)36(7,8)9)28(50-33(44)37(10,11)12)29(47-23)39-25(22-17-18-24(40)46-22)20-13-15-21(38)16-14-20/h13-18,22-23,25-29,39H,19H2,1-12H3/t22-,23+,25+,26-,27-,28+,29+/m0/s1. The van der Waals surface area contributed by atoms with E-state index >= 15 is 0 Å². The van der Waals surface area contributed by atoms with Crippen molar-refractivity contribution in [1.82, 2.24) is 5.32 Å². The van der Waals surface area contributed by atoms with Crippen LogP contribution in [0.1, 0.15) is 94.7 Å². The van der Waals surface area contributed by atoms with E-state index in [0.29, 0.717) is 10.6 Å². The molecule has 1 aromatic rings. The zero-order chi connectivity index (χ0) is 38.0. The molecule has 0 saturated carbocycles. The van der Waals surface area contributed by atoms with Crippen LogP contribution in [0.25, 0.3) is 0 Å². The fourth-order valence-corrected chi connectivity index (χ4v) is 4.78. The van der Waals surface area contributed by atoms with Crippen LogP contribution in [0.3, 0.4) is 0 Å². The monoisotopic (exact) mass is 721 g/mol. The maximum absolute atomic E-state index is 13.6. The van der Waals surface area contributed by atoms with Crippen molar-refractivity contribution in [2.75, 3.05) is 6.61 Å². The van der Waals surface area contributed by atoms with E-state index in [4.69, 9.17) is 40.0 Å². The molecule has 1 fully saturated rings. The van der Waals surface area contributed by atoms with E-state index in [9.17, 15) is 24.0 Å². The topological polar surface area (TPSA) is 153 Å². The molecular weight excluding hydrogens is 670 g/mol. The molecule has 0 radical (unpaired) electrons. The number of carbonyl (C=O) groups is 5. The second-order valence-corrected chi connectivity index (χ2v) is 17.2. The lowest BCUT2D eigenvalue weighted by Crippen LogP contribution is -2.67. The highest BCUT2D eigenvalue weighted by Crippen LogP contribution is 2.36. The molecule has 2 heterocycles. The second-order valence-electron chi connectivity index (χ2n) is 16.8. The average Bonchev–Trinajstić information content (AvgIpc) is 3.41. The van der Waals surface area contributed by atoms with Gasteiger partial charge in [0.2, 0.25) is 0 Å². The zero-order valence-corrected chi connectivity index (χ0v) is 31.8. The quantitative estimate of drug-likeness (QED) is 0.248. The number of nitrogens with one attached hydrogen (secondary N) is 1. The lowest BCUT2D eigenvalue weighted by atomic mass is 9.92. The SMILES string of the molecule is CC(C)(C)C(=O)OC[C@H]1O[C@@H](N[C@H](c2ccc(Cl)cc2)[C@@H]2C=CC(=O)O2)[C@H](OC(=O)C(C)(C)C)[C@@H](OC(=O)C(C)(C)C)[C@H]1OC(=O)C(C)(C)C. The lowest BCUT2D eigenvalue weighted by Gasteiger charge is -2.47. The van der Waals surface area contributed by atoms with Crippen molar-refractivity contribution in [3.05, 3.63) is 47.0 Å². The third kappa shape index (κ3) is 10.8. The van der Waals surface area contributed by atoms with Gasteiger partial charge in [-0.1, -0.05) is 23.7 Å². The van der Waals surface area contributed by atoms with Crippen LogP contribution >= 0.6 is 11.6 Å². The zero-order valence-electron chi connectivity index (χ0n) is 31.1. The van der Waals surface area contributed by atoms with Gasteiger partial charge >= 0.3 is 29.8 Å². The molecule has 2 aliphatic heterocycles. The van der Waals surface area contributed by atoms with E-state index in [1.165, 1.54) is 6.08 Å². The van der Waals surface area contributed by atoms with Crippen LogP contribution < -0.4 is 5.32 Å². The summed E-state index contributed by atoms with van der Waals surface area (Å²) in [5.74, 6) is -3.12. The lowest BCUT2D eigenvalue weighted by molar-refractivity contribution is -0.266. The predicted molar refractivity (Wildman–Crippen MR) is 183 cm³/mol. The van der Waals surface area contributed by atoms with Crippen molar-refractivity contribution in [1.29, 1.82) is 0 Å². The van der Waals surface area contributed by atoms with Gasteiger partial charge in [-0.15, -0.1) is 0 Å². The molecular formula is C37H52ClNO11. The van der Waals surface area contributed by atoms with Crippen LogP contribution in [-0.4, -0.2) is 73.2 Å². The Morgan fingerprint density at radius 1 is 0.720 bits per heavy atom. The smallest absolute Gasteiger partial charge is 0.331 e. The molecule has 0 bridgehead atoms. The third-order valence-electron chi connectivity index (χ3n) is 7.77. The normalized spacial score (nSPS) is 24.9. The molecule has 3 rings (SSSR count). The van der Waals surface area contributed by atoms with E-state index in [1.807, 2.05) is 0 Å². The molecule has 0 unspecified atom stereocenters. The summed E-state index contributed by atoms with van der Waals surface area (Å²) in [6.45, 7) is 19.5. The maximum atomic E-state index is 13.6. The van der Waals surface area contributed by atoms with Crippen molar-refractivity contribution in [2.45, 2.75) is 126 Å². The molecule has 278 valence electrons. The van der Waals surface area contributed by atoms with Crippen molar-refractivity contribution in [2.24, 2.45) is 21.7 Å². The van der Waals surface area contributed by atoms with Gasteiger partial charge in [-0.25, -0.2) is 4.79 Å². The van der Waals surface area contributed by atoms with Crippen LogP contribution in [0.2, 0.25) is 5.02 Å².